The lowest BCUT2D eigenvalue weighted by atomic mass is 9.97. The molecule has 1 aromatic rings. The Balaban J connectivity index is 1.83. The van der Waals surface area contributed by atoms with E-state index < -0.39 is 33.0 Å². The summed E-state index contributed by atoms with van der Waals surface area (Å²) < 4.78 is 36.1. The van der Waals surface area contributed by atoms with Crippen molar-refractivity contribution in [2.45, 2.75) is 95.7 Å². The fourth-order valence-corrected chi connectivity index (χ4v) is 6.82. The fourth-order valence-electron chi connectivity index (χ4n) is 5.42. The summed E-state index contributed by atoms with van der Waals surface area (Å²) in [6.07, 6.45) is 3.13. The topological polar surface area (TPSA) is 96.0 Å². The average molecular weight is 591 g/mol. The molecule has 0 radical (unpaired) electrons. The summed E-state index contributed by atoms with van der Waals surface area (Å²) in [7, 11) is 0.921. The monoisotopic (exact) mass is 590 g/mol. The van der Waals surface area contributed by atoms with Gasteiger partial charge < -0.3 is 33.0 Å². The smallest absolute Gasteiger partial charge is 0.416 e. The first-order valence-electron chi connectivity index (χ1n) is 14.5. The first-order chi connectivity index (χ1) is 19.4. The van der Waals surface area contributed by atoms with E-state index in [0.717, 1.165) is 12.8 Å². The molecule has 0 aliphatic carbocycles. The minimum atomic E-state index is -2.11. The van der Waals surface area contributed by atoms with Crippen LogP contribution in [0.1, 0.15) is 63.2 Å². The lowest BCUT2D eigenvalue weighted by Gasteiger charge is -2.47. The molecule has 228 valence electrons. The van der Waals surface area contributed by atoms with E-state index >= 15 is 0 Å². The Morgan fingerprint density at radius 3 is 2.46 bits per heavy atom. The Bertz CT molecular complexity index is 1110. The second kappa shape index (κ2) is 12.7. The van der Waals surface area contributed by atoms with Gasteiger partial charge in [0.2, 0.25) is 0 Å². The summed E-state index contributed by atoms with van der Waals surface area (Å²) in [6.45, 7) is 15.8. The van der Waals surface area contributed by atoms with Crippen LogP contribution in [0.25, 0.3) is 0 Å². The Kier molecular flexibility index (Phi) is 9.72. The van der Waals surface area contributed by atoms with Gasteiger partial charge in [0.05, 0.1) is 31.5 Å². The Labute approximate surface area is 245 Å². The van der Waals surface area contributed by atoms with Crippen molar-refractivity contribution in [2.24, 2.45) is 0 Å². The molecule has 2 amide bonds. The maximum absolute atomic E-state index is 14.2. The summed E-state index contributed by atoms with van der Waals surface area (Å²) >= 11 is 0. The fraction of sp³-hybridized carbons (Fsp3) is 0.667. The molecular formula is C30H46N2O8Si. The molecule has 0 N–H and O–H groups in total. The number of carbonyl (C=O) groups is 2. The maximum Gasteiger partial charge on any atom is 0.416 e. The summed E-state index contributed by atoms with van der Waals surface area (Å²) in [5, 5.41) is 0.0269. The van der Waals surface area contributed by atoms with Crippen LogP contribution in [-0.4, -0.2) is 83.9 Å². The number of hydrogen-bond acceptors (Lipinski definition) is 8. The number of hydrogen-bond donors (Lipinski definition) is 0. The molecule has 2 unspecified atom stereocenters. The van der Waals surface area contributed by atoms with Crippen LogP contribution in [0.5, 0.6) is 11.5 Å². The van der Waals surface area contributed by atoms with Crippen molar-refractivity contribution in [1.29, 1.82) is 0 Å². The van der Waals surface area contributed by atoms with Crippen LogP contribution in [0.15, 0.2) is 24.8 Å². The van der Waals surface area contributed by atoms with Crippen molar-refractivity contribution in [3.63, 3.8) is 0 Å². The number of benzene rings is 1. The van der Waals surface area contributed by atoms with Crippen molar-refractivity contribution < 1.29 is 37.7 Å². The third-order valence-electron chi connectivity index (χ3n) is 8.65. The van der Waals surface area contributed by atoms with E-state index in [1.165, 1.54) is 25.2 Å². The molecule has 0 aromatic heterocycles. The van der Waals surface area contributed by atoms with Crippen LogP contribution >= 0.6 is 0 Å². The van der Waals surface area contributed by atoms with E-state index in [4.69, 9.17) is 28.1 Å². The zero-order valence-electron chi connectivity index (χ0n) is 25.6. The molecule has 4 atom stereocenters. The molecule has 41 heavy (non-hydrogen) atoms. The van der Waals surface area contributed by atoms with Gasteiger partial charge in [0.15, 0.2) is 32.3 Å². The first-order valence-corrected chi connectivity index (χ1v) is 17.4. The molecule has 2 fully saturated rings. The van der Waals surface area contributed by atoms with Crippen LogP contribution < -0.4 is 14.4 Å². The molecule has 3 aliphatic heterocycles. The van der Waals surface area contributed by atoms with E-state index in [0.29, 0.717) is 55.2 Å². The van der Waals surface area contributed by atoms with Crippen LogP contribution in [0.2, 0.25) is 18.1 Å². The highest BCUT2D eigenvalue weighted by Gasteiger charge is 2.50. The van der Waals surface area contributed by atoms with Gasteiger partial charge in [-0.15, -0.1) is 0 Å². The number of methoxy groups -OCH3 is 2. The Hall–Kier alpha value is -2.60. The number of fused-ring (bicyclic) bond motifs is 2. The second-order valence-electron chi connectivity index (χ2n) is 12.4. The number of carbonyl (C=O) groups excluding carboxylic acids is 2. The standard InChI is InChI=1S/C30H46N2O8Si/c1-9-15-38-29(34)32-22-19-25(36-6)24(35-5)18-21(22)27(33)31-14-13-20(40-41(7,8)30(2,3)4)17-23(31)28(32)39-26-12-10-11-16-37-26/h9,18-20,23,26,28H,1,10-17H2,2-8H3/t20-,23+,26?,28?/m1/s1. The number of ether oxygens (including phenoxy) is 5. The molecule has 2 saturated heterocycles. The molecule has 10 nitrogen and oxygen atoms in total. The molecule has 0 bridgehead atoms. The van der Waals surface area contributed by atoms with Crippen LogP contribution in [0.4, 0.5) is 10.5 Å². The van der Waals surface area contributed by atoms with Gasteiger partial charge in [-0.05, 0) is 56.3 Å². The Morgan fingerprint density at radius 1 is 1.15 bits per heavy atom. The van der Waals surface area contributed by atoms with Crippen LogP contribution in [0.3, 0.4) is 0 Å². The SMILES string of the molecule is C=CCOC(=O)N1c2cc(OC)c(OC)cc2C(=O)N2CC[C@@H](O[Si](C)(C)C(C)(C)C)C[C@H]2C1OC1CCCCO1. The van der Waals surface area contributed by atoms with Gasteiger partial charge in [-0.1, -0.05) is 33.4 Å². The minimum absolute atomic E-state index is 0.00401. The molecule has 1 aromatic carbocycles. The molecule has 4 rings (SSSR count). The van der Waals surface area contributed by atoms with Gasteiger partial charge in [-0.2, -0.15) is 0 Å². The van der Waals surface area contributed by atoms with Crippen molar-refractivity contribution in [3.05, 3.63) is 30.4 Å². The van der Waals surface area contributed by atoms with E-state index in [1.807, 2.05) is 4.90 Å². The van der Waals surface area contributed by atoms with Gasteiger partial charge >= 0.3 is 6.09 Å². The lowest BCUT2D eigenvalue weighted by Crippen LogP contribution is -2.60. The third-order valence-corrected chi connectivity index (χ3v) is 13.2. The second-order valence-corrected chi connectivity index (χ2v) is 17.1. The number of anilines is 1. The highest BCUT2D eigenvalue weighted by Crippen LogP contribution is 2.44. The molecule has 3 heterocycles. The summed E-state index contributed by atoms with van der Waals surface area (Å²) in [5.74, 6) is 0.558. The van der Waals surface area contributed by atoms with Crippen molar-refractivity contribution >= 4 is 26.0 Å². The summed E-state index contributed by atoms with van der Waals surface area (Å²) in [6, 6.07) is 2.76. The Morgan fingerprint density at radius 2 is 1.85 bits per heavy atom. The molecule has 0 spiro atoms. The van der Waals surface area contributed by atoms with Crippen LogP contribution in [0, 0.1) is 0 Å². The van der Waals surface area contributed by atoms with Gasteiger partial charge in [-0.3, -0.25) is 4.79 Å². The first kappa shape index (κ1) is 31.3. The van der Waals surface area contributed by atoms with Gasteiger partial charge in [0, 0.05) is 25.3 Å². The van der Waals surface area contributed by atoms with E-state index in [9.17, 15) is 9.59 Å². The third kappa shape index (κ3) is 6.58. The van der Waals surface area contributed by atoms with Gasteiger partial charge in [-0.25, -0.2) is 9.69 Å². The highest BCUT2D eigenvalue weighted by atomic mass is 28.4. The largest absolute Gasteiger partial charge is 0.493 e. The number of piperidine rings is 1. The quantitative estimate of drug-likeness (QED) is 0.281. The van der Waals surface area contributed by atoms with E-state index in [1.54, 1.807) is 12.1 Å². The predicted molar refractivity (Wildman–Crippen MR) is 158 cm³/mol. The summed E-state index contributed by atoms with van der Waals surface area (Å²) in [4.78, 5) is 31.3. The van der Waals surface area contributed by atoms with Crippen molar-refractivity contribution in [3.8, 4) is 11.5 Å². The van der Waals surface area contributed by atoms with Crippen molar-refractivity contribution in [2.75, 3.05) is 38.9 Å². The van der Waals surface area contributed by atoms with E-state index in [2.05, 4.69) is 40.4 Å². The minimum Gasteiger partial charge on any atom is -0.493 e. The van der Waals surface area contributed by atoms with Crippen LogP contribution in [-0.2, 0) is 18.6 Å². The zero-order chi connectivity index (χ0) is 29.9. The molecule has 11 heteroatoms. The van der Waals surface area contributed by atoms with Gasteiger partial charge in [0.1, 0.15) is 6.61 Å². The number of nitrogens with zero attached hydrogens (tertiary/aromatic N) is 2. The number of rotatable bonds is 8. The zero-order valence-corrected chi connectivity index (χ0v) is 26.6. The molecular weight excluding hydrogens is 544 g/mol. The van der Waals surface area contributed by atoms with Gasteiger partial charge in [0.25, 0.3) is 5.91 Å². The predicted octanol–water partition coefficient (Wildman–Crippen LogP) is 5.71. The molecule has 0 saturated carbocycles. The molecule has 3 aliphatic rings. The maximum atomic E-state index is 14.2. The van der Waals surface area contributed by atoms with Crippen molar-refractivity contribution in [1.82, 2.24) is 4.90 Å². The normalized spacial score (nSPS) is 25.1. The lowest BCUT2D eigenvalue weighted by molar-refractivity contribution is -0.200. The highest BCUT2D eigenvalue weighted by molar-refractivity contribution is 6.74. The summed E-state index contributed by atoms with van der Waals surface area (Å²) in [5.41, 5.74) is 0.640. The average Bonchev–Trinajstić information content (AvgIpc) is 3.03. The number of amides is 2. The van der Waals surface area contributed by atoms with E-state index in [-0.39, 0.29) is 23.7 Å².